The van der Waals surface area contributed by atoms with Crippen LogP contribution in [0.25, 0.3) is 34.7 Å². The fraction of sp³-hybridized carbons (Fsp3) is 0.341. The molecule has 1 aliphatic heterocycles. The van der Waals surface area contributed by atoms with Crippen molar-refractivity contribution in [3.8, 4) is 22.5 Å². The van der Waals surface area contributed by atoms with Crippen LogP contribution in [0.3, 0.4) is 0 Å². The summed E-state index contributed by atoms with van der Waals surface area (Å²) in [4.78, 5) is 34.8. The van der Waals surface area contributed by atoms with E-state index in [-0.39, 0.29) is 29.5 Å². The lowest BCUT2D eigenvalue weighted by molar-refractivity contribution is -0.113. The number of ketones is 1. The number of nitrogens with zero attached hydrogens (tertiary/aromatic N) is 7. The molecule has 1 saturated heterocycles. The maximum Gasteiger partial charge on any atom is 0.239 e. The lowest BCUT2D eigenvalue weighted by atomic mass is 9.95. The summed E-state index contributed by atoms with van der Waals surface area (Å²) in [7, 11) is -4.65. The summed E-state index contributed by atoms with van der Waals surface area (Å²) >= 11 is 0. The van der Waals surface area contributed by atoms with Gasteiger partial charge in [0.25, 0.3) is 0 Å². The molecule has 0 N–H and O–H groups in total. The van der Waals surface area contributed by atoms with E-state index in [1.54, 1.807) is 60.7 Å². The van der Waals surface area contributed by atoms with Crippen molar-refractivity contribution in [1.82, 2.24) is 24.8 Å². The molecule has 1 fully saturated rings. The van der Waals surface area contributed by atoms with Gasteiger partial charge in [-0.3, -0.25) is 9.69 Å². The summed E-state index contributed by atoms with van der Waals surface area (Å²) in [5.74, 6) is -1.38. The van der Waals surface area contributed by atoms with Gasteiger partial charge in [0.15, 0.2) is 5.78 Å². The Morgan fingerprint density at radius 2 is 1.03 bits per heavy atom. The molecule has 0 aliphatic carbocycles. The second-order valence-corrected chi connectivity index (χ2v) is 19.3. The van der Waals surface area contributed by atoms with Crippen LogP contribution >= 0.6 is 0 Å². The largest absolute Gasteiger partial charge is 0.295 e. The molecule has 1 aliphatic rings. The van der Waals surface area contributed by atoms with Gasteiger partial charge in [-0.25, -0.2) is 54.2 Å². The van der Waals surface area contributed by atoms with Crippen LogP contribution in [0.1, 0.15) is 75.4 Å². The van der Waals surface area contributed by atoms with Crippen LogP contribution < -0.4 is 8.61 Å². The van der Waals surface area contributed by atoms with E-state index >= 15 is 0 Å². The van der Waals surface area contributed by atoms with Crippen molar-refractivity contribution in [3.63, 3.8) is 0 Å². The number of carbonyl (C=O) groups excluding carboxylic acids is 1. The quantitative estimate of drug-likeness (QED) is 0.115. The van der Waals surface area contributed by atoms with Gasteiger partial charge in [-0.1, -0.05) is 71.1 Å². The minimum atomic E-state index is -3.70. The van der Waals surface area contributed by atoms with E-state index < -0.39 is 31.7 Å². The van der Waals surface area contributed by atoms with Gasteiger partial charge < -0.3 is 0 Å². The van der Waals surface area contributed by atoms with Crippen molar-refractivity contribution in [2.45, 2.75) is 52.9 Å². The molecule has 0 unspecified atom stereocenters. The Kier molecular flexibility index (Phi) is 14.3. The van der Waals surface area contributed by atoms with E-state index in [4.69, 9.17) is 0 Å². The summed E-state index contributed by atoms with van der Waals surface area (Å²) < 4.78 is 80.0. The summed E-state index contributed by atoms with van der Waals surface area (Å²) in [5, 5.41) is 0. The van der Waals surface area contributed by atoms with Gasteiger partial charge in [0, 0.05) is 60.6 Å². The van der Waals surface area contributed by atoms with E-state index in [9.17, 15) is 30.4 Å². The molecule has 60 heavy (non-hydrogen) atoms. The number of aromatic nitrogens is 4. The lowest BCUT2D eigenvalue weighted by Crippen LogP contribution is -2.38. The number of allylic oxidation sites excluding steroid dienone is 4. The number of rotatable bonds is 14. The highest BCUT2D eigenvalue weighted by Crippen LogP contribution is 2.34. The molecule has 0 saturated carbocycles. The average molecular weight is 860 g/mol. The lowest BCUT2D eigenvalue weighted by Gasteiger charge is -2.29. The van der Waals surface area contributed by atoms with Gasteiger partial charge in [-0.15, -0.1) is 0 Å². The van der Waals surface area contributed by atoms with E-state index in [0.717, 1.165) is 34.1 Å². The van der Waals surface area contributed by atoms with Crippen molar-refractivity contribution >= 4 is 49.9 Å². The topological polar surface area (TPSA) is 147 Å². The van der Waals surface area contributed by atoms with Gasteiger partial charge in [0.2, 0.25) is 31.9 Å². The first kappa shape index (κ1) is 45.6. The normalized spacial score (nSPS) is 15.7. The number of Topliss-reactive ketones (excluding diaryl/α,β-unsaturated/α-hetero) is 1. The molecule has 0 amide bonds. The van der Waals surface area contributed by atoms with Crippen LogP contribution in [-0.4, -0.2) is 93.7 Å². The van der Waals surface area contributed by atoms with E-state index in [1.165, 1.54) is 38.4 Å². The molecule has 318 valence electrons. The zero-order valence-corrected chi connectivity index (χ0v) is 36.9. The van der Waals surface area contributed by atoms with Gasteiger partial charge in [0.1, 0.15) is 11.6 Å². The molecule has 3 heterocycles. The molecule has 0 bridgehead atoms. The molecule has 5 rings (SSSR count). The fourth-order valence-electron chi connectivity index (χ4n) is 6.53. The molecule has 2 aromatic heterocycles. The van der Waals surface area contributed by atoms with Gasteiger partial charge >= 0.3 is 0 Å². The molecule has 12 nitrogen and oxygen atoms in total. The molecule has 4 aromatic rings. The third-order valence-electron chi connectivity index (χ3n) is 9.85. The first-order valence-electron chi connectivity index (χ1n) is 19.4. The smallest absolute Gasteiger partial charge is 0.239 e. The number of hydrogen-bond acceptors (Lipinski definition) is 10. The van der Waals surface area contributed by atoms with Crippen molar-refractivity contribution in [3.05, 3.63) is 118 Å². The van der Waals surface area contributed by atoms with Gasteiger partial charge in [-0.05, 0) is 73.3 Å². The van der Waals surface area contributed by atoms with Gasteiger partial charge in [0.05, 0.1) is 35.3 Å². The Morgan fingerprint density at radius 3 is 1.35 bits per heavy atom. The standard InChI is InChI=1S/C44H51F2N7O5S2/c1-10-25-53-26-32(13-11-15-36-38(28(2)3)47-43(51(6)59(8,55)56)49-40(36)30-17-21-34(45)22-18-30)42(54)33(27-53)14-12-16-37-39(29(4)5)48-44(52(7)60(9,57)58)50-41(37)31-19-23-35(46)24-20-31/h11-24,28-29H,10,25-27H2,1-9H3. The van der Waals surface area contributed by atoms with Crippen LogP contribution in [-0.2, 0) is 24.8 Å². The number of hydrogen-bond donors (Lipinski definition) is 0. The molecule has 0 atom stereocenters. The second-order valence-electron chi connectivity index (χ2n) is 15.3. The third kappa shape index (κ3) is 10.8. The number of anilines is 2. The molecular formula is C44H51F2N7O5S2. The second kappa shape index (κ2) is 18.9. The number of halogens is 2. The summed E-state index contributed by atoms with van der Waals surface area (Å²) in [6.45, 7) is 11.3. The number of benzene rings is 2. The Labute approximate surface area is 352 Å². The predicted molar refractivity (Wildman–Crippen MR) is 235 cm³/mol. The van der Waals surface area contributed by atoms with Crippen LogP contribution in [0.4, 0.5) is 20.7 Å². The van der Waals surface area contributed by atoms with Crippen molar-refractivity contribution in [1.29, 1.82) is 0 Å². The Hall–Kier alpha value is -5.45. The van der Waals surface area contributed by atoms with Crippen LogP contribution in [0, 0.1) is 11.6 Å². The maximum atomic E-state index is 14.1. The summed E-state index contributed by atoms with van der Waals surface area (Å²) in [6.07, 6.45) is 13.6. The summed E-state index contributed by atoms with van der Waals surface area (Å²) in [5.41, 5.74) is 5.34. The first-order chi connectivity index (χ1) is 28.2. The predicted octanol–water partition coefficient (Wildman–Crippen LogP) is 7.79. The molecular weight excluding hydrogens is 809 g/mol. The SMILES string of the molecule is CCCN1CC(=CC=Cc2c(-c3ccc(F)cc3)nc(N(C)S(C)(=O)=O)nc2C(C)C)C(=O)C(=CC=Cc2c(-c3ccc(F)cc3)nc(N(C)S(C)(=O)=O)nc2C(C)C)C1. The maximum absolute atomic E-state index is 14.1. The van der Waals surface area contributed by atoms with E-state index in [1.807, 2.05) is 27.7 Å². The van der Waals surface area contributed by atoms with Crippen LogP contribution in [0.15, 0.2) is 84.0 Å². The number of carbonyl (C=O) groups is 1. The van der Waals surface area contributed by atoms with Crippen molar-refractivity contribution < 1.29 is 30.4 Å². The van der Waals surface area contributed by atoms with Crippen LogP contribution in [0.5, 0.6) is 0 Å². The average Bonchev–Trinajstić information content (AvgIpc) is 3.18. The fourth-order valence-corrected chi connectivity index (χ4v) is 7.29. The molecule has 16 heteroatoms. The minimum absolute atomic E-state index is 0.0226. The first-order valence-corrected chi connectivity index (χ1v) is 23.1. The van der Waals surface area contributed by atoms with E-state index in [2.05, 4.69) is 31.8 Å². The molecule has 2 aromatic carbocycles. The number of piperidine rings is 1. The highest BCUT2D eigenvalue weighted by atomic mass is 32.2. The van der Waals surface area contributed by atoms with Crippen molar-refractivity contribution in [2.24, 2.45) is 0 Å². The third-order valence-corrected chi connectivity index (χ3v) is 12.2. The highest BCUT2D eigenvalue weighted by molar-refractivity contribution is 7.92. The Balaban J connectivity index is 1.58. The van der Waals surface area contributed by atoms with Crippen molar-refractivity contribution in [2.75, 3.05) is 54.9 Å². The minimum Gasteiger partial charge on any atom is -0.295 e. The summed E-state index contributed by atoms with van der Waals surface area (Å²) in [6, 6.07) is 11.5. The molecule has 0 spiro atoms. The Bertz CT molecular complexity index is 2420. The van der Waals surface area contributed by atoms with Crippen LogP contribution in [0.2, 0.25) is 0 Å². The monoisotopic (exact) mass is 859 g/mol. The van der Waals surface area contributed by atoms with E-state index in [0.29, 0.717) is 69.3 Å². The zero-order chi connectivity index (χ0) is 44.1. The Morgan fingerprint density at radius 1 is 0.667 bits per heavy atom. The molecule has 0 radical (unpaired) electrons. The highest BCUT2D eigenvalue weighted by Gasteiger charge is 2.27. The number of sulfonamides is 2. The number of likely N-dealkylation sites (tertiary alicyclic amines) is 1. The van der Waals surface area contributed by atoms with Gasteiger partial charge in [-0.2, -0.15) is 0 Å². The zero-order valence-electron chi connectivity index (χ0n) is 35.3.